The zero-order valence-corrected chi connectivity index (χ0v) is 7.57. The number of hydrogen-bond donors (Lipinski definition) is 0. The van der Waals surface area contributed by atoms with Gasteiger partial charge in [-0.2, -0.15) is 0 Å². The fraction of sp³-hybridized carbons (Fsp3) is 0.500. The van der Waals surface area contributed by atoms with Crippen molar-refractivity contribution in [2.24, 2.45) is 0 Å². The van der Waals surface area contributed by atoms with Crippen LogP contribution >= 0.6 is 0 Å². The topological polar surface area (TPSA) is 13.1 Å². The Morgan fingerprint density at radius 1 is 1.08 bits per heavy atom. The zero-order valence-electron chi connectivity index (χ0n) is 7.57. The van der Waals surface area contributed by atoms with E-state index in [0.29, 0.717) is 0 Å². The van der Waals surface area contributed by atoms with Crippen LogP contribution < -0.4 is 9.57 Å². The molecule has 2 heteroatoms. The monoisotopic (exact) mass is 166 g/mol. The predicted octanol–water partition coefficient (Wildman–Crippen LogP) is 1.59. The van der Waals surface area contributed by atoms with E-state index in [9.17, 15) is 0 Å². The second-order valence-corrected chi connectivity index (χ2v) is 2.78. The lowest BCUT2D eigenvalue weighted by Crippen LogP contribution is -2.42. The number of hydrogen-bond acceptors (Lipinski definition) is 1. The molecule has 2 nitrogen and oxygen atoms in total. The van der Waals surface area contributed by atoms with Crippen LogP contribution in [0.15, 0.2) is 30.6 Å². The number of unbranched alkanes of at least 4 members (excludes halogenated alkanes) is 2. The molecule has 0 aromatic carbocycles. The van der Waals surface area contributed by atoms with Crippen molar-refractivity contribution < 1.29 is 9.57 Å². The molecule has 0 radical (unpaired) electrons. The summed E-state index contributed by atoms with van der Waals surface area (Å²) in [4.78, 5) is 5.42. The van der Waals surface area contributed by atoms with E-state index < -0.39 is 0 Å². The van der Waals surface area contributed by atoms with E-state index in [2.05, 4.69) is 6.92 Å². The molecule has 0 spiro atoms. The van der Waals surface area contributed by atoms with Gasteiger partial charge in [0.05, 0.1) is 0 Å². The fourth-order valence-corrected chi connectivity index (χ4v) is 0.991. The van der Waals surface area contributed by atoms with Gasteiger partial charge in [0.15, 0.2) is 6.61 Å². The molecule has 0 N–H and O–H groups in total. The van der Waals surface area contributed by atoms with Gasteiger partial charge in [-0.25, -0.2) is 0 Å². The number of aromatic nitrogens is 1. The lowest BCUT2D eigenvalue weighted by Gasteiger charge is -1.96. The summed E-state index contributed by atoms with van der Waals surface area (Å²) in [6.45, 7) is 3.00. The van der Waals surface area contributed by atoms with Crippen LogP contribution in [-0.4, -0.2) is 6.61 Å². The minimum absolute atomic E-state index is 0.808. The maximum Gasteiger partial charge on any atom is 0.222 e. The Hall–Kier alpha value is -1.05. The molecule has 0 aliphatic carbocycles. The third-order valence-corrected chi connectivity index (χ3v) is 1.68. The summed E-state index contributed by atoms with van der Waals surface area (Å²) in [5.41, 5.74) is 0. The quantitative estimate of drug-likeness (QED) is 0.478. The molecule has 1 aromatic heterocycles. The summed E-state index contributed by atoms with van der Waals surface area (Å²) in [6, 6.07) is 5.89. The van der Waals surface area contributed by atoms with Crippen molar-refractivity contribution in [2.75, 3.05) is 6.61 Å². The molecule has 1 rings (SSSR count). The molecule has 0 atom stereocenters. The van der Waals surface area contributed by atoms with E-state index >= 15 is 0 Å². The summed E-state index contributed by atoms with van der Waals surface area (Å²) >= 11 is 0. The molecule has 66 valence electrons. The normalized spacial score (nSPS) is 9.75. The van der Waals surface area contributed by atoms with E-state index in [1.807, 2.05) is 30.6 Å². The highest BCUT2D eigenvalue weighted by Gasteiger charge is 1.96. The van der Waals surface area contributed by atoms with Crippen molar-refractivity contribution in [3.8, 4) is 0 Å². The molecule has 0 saturated heterocycles. The Bertz CT molecular complexity index is 198. The second-order valence-electron chi connectivity index (χ2n) is 2.78. The smallest absolute Gasteiger partial charge is 0.222 e. The van der Waals surface area contributed by atoms with Gasteiger partial charge in [0, 0.05) is 16.9 Å². The average Bonchev–Trinajstić information content (AvgIpc) is 2.14. The Labute approximate surface area is 73.8 Å². The zero-order chi connectivity index (χ0) is 8.65. The van der Waals surface area contributed by atoms with E-state index in [-0.39, 0.29) is 0 Å². The van der Waals surface area contributed by atoms with Gasteiger partial charge >= 0.3 is 0 Å². The summed E-state index contributed by atoms with van der Waals surface area (Å²) < 4.78 is 1.75. The van der Waals surface area contributed by atoms with Crippen molar-refractivity contribution in [2.45, 2.75) is 26.2 Å². The first kappa shape index (κ1) is 9.04. The van der Waals surface area contributed by atoms with Crippen LogP contribution in [-0.2, 0) is 0 Å². The van der Waals surface area contributed by atoms with Gasteiger partial charge in [-0.3, -0.25) is 4.84 Å². The van der Waals surface area contributed by atoms with Gasteiger partial charge in [0.1, 0.15) is 0 Å². The molecule has 1 aromatic rings. The summed E-state index contributed by atoms with van der Waals surface area (Å²) in [6.07, 6.45) is 7.44. The highest BCUT2D eigenvalue weighted by Crippen LogP contribution is 1.90. The lowest BCUT2D eigenvalue weighted by atomic mass is 10.3. The minimum atomic E-state index is 0.808. The van der Waals surface area contributed by atoms with Crippen LogP contribution in [0.25, 0.3) is 0 Å². The molecular formula is C10H16NO+. The highest BCUT2D eigenvalue weighted by atomic mass is 16.7. The van der Waals surface area contributed by atoms with Crippen LogP contribution in [0.3, 0.4) is 0 Å². The van der Waals surface area contributed by atoms with Gasteiger partial charge in [0.25, 0.3) is 0 Å². The Kier molecular flexibility index (Phi) is 4.21. The van der Waals surface area contributed by atoms with Gasteiger partial charge in [-0.05, 0) is 6.42 Å². The van der Waals surface area contributed by atoms with Crippen molar-refractivity contribution >= 4 is 0 Å². The predicted molar refractivity (Wildman–Crippen MR) is 47.6 cm³/mol. The molecule has 0 aliphatic heterocycles. The molecule has 0 unspecified atom stereocenters. The molecule has 1 heterocycles. The van der Waals surface area contributed by atoms with Crippen LogP contribution in [0, 0.1) is 0 Å². The lowest BCUT2D eigenvalue weighted by molar-refractivity contribution is -0.891. The van der Waals surface area contributed by atoms with Crippen LogP contribution in [0.1, 0.15) is 26.2 Å². The van der Waals surface area contributed by atoms with Crippen molar-refractivity contribution in [3.05, 3.63) is 30.6 Å². The standard InChI is InChI=1S/C10H16NO/c1-2-3-7-10-12-11-8-5-4-6-9-11/h4-6,8-9H,2-3,7,10H2,1H3/q+1. The van der Waals surface area contributed by atoms with Crippen LogP contribution in [0.2, 0.25) is 0 Å². The first-order valence-electron chi connectivity index (χ1n) is 4.53. The molecule has 0 bridgehead atoms. The van der Waals surface area contributed by atoms with Crippen molar-refractivity contribution in [1.82, 2.24) is 0 Å². The summed E-state index contributed by atoms with van der Waals surface area (Å²) in [5.74, 6) is 0. The fourth-order valence-electron chi connectivity index (χ4n) is 0.991. The maximum absolute atomic E-state index is 5.42. The molecule has 0 amide bonds. The second kappa shape index (κ2) is 5.58. The molecule has 0 saturated carbocycles. The Morgan fingerprint density at radius 2 is 1.83 bits per heavy atom. The number of rotatable bonds is 5. The van der Waals surface area contributed by atoms with E-state index in [4.69, 9.17) is 4.84 Å². The van der Waals surface area contributed by atoms with Gasteiger partial charge in [-0.1, -0.05) is 25.8 Å². The van der Waals surface area contributed by atoms with E-state index in [1.54, 1.807) is 4.73 Å². The van der Waals surface area contributed by atoms with Crippen LogP contribution in [0.4, 0.5) is 0 Å². The highest BCUT2D eigenvalue weighted by molar-refractivity contribution is 4.83. The molecule has 12 heavy (non-hydrogen) atoms. The van der Waals surface area contributed by atoms with Gasteiger partial charge < -0.3 is 0 Å². The summed E-state index contributed by atoms with van der Waals surface area (Å²) in [5, 5.41) is 0. The minimum Gasteiger partial charge on any atom is -0.271 e. The maximum atomic E-state index is 5.42. The average molecular weight is 166 g/mol. The Morgan fingerprint density at radius 3 is 2.50 bits per heavy atom. The SMILES string of the molecule is CCCCCO[n+]1ccccc1. The first-order valence-corrected chi connectivity index (χ1v) is 4.53. The molecular weight excluding hydrogens is 150 g/mol. The van der Waals surface area contributed by atoms with Gasteiger partial charge in [0.2, 0.25) is 12.4 Å². The number of nitrogens with zero attached hydrogens (tertiary/aromatic N) is 1. The van der Waals surface area contributed by atoms with Gasteiger partial charge in [-0.15, -0.1) is 0 Å². The molecule has 0 aliphatic rings. The van der Waals surface area contributed by atoms with E-state index in [1.165, 1.54) is 12.8 Å². The largest absolute Gasteiger partial charge is 0.271 e. The van der Waals surface area contributed by atoms with Crippen molar-refractivity contribution in [3.63, 3.8) is 0 Å². The Balaban J connectivity index is 2.16. The number of pyridine rings is 1. The molecule has 0 fully saturated rings. The first-order chi connectivity index (χ1) is 5.93. The third kappa shape index (κ3) is 3.37. The third-order valence-electron chi connectivity index (χ3n) is 1.68. The van der Waals surface area contributed by atoms with Crippen molar-refractivity contribution in [1.29, 1.82) is 0 Å². The van der Waals surface area contributed by atoms with E-state index in [0.717, 1.165) is 13.0 Å². The van der Waals surface area contributed by atoms with Crippen LogP contribution in [0.5, 0.6) is 0 Å². The summed E-state index contributed by atoms with van der Waals surface area (Å²) in [7, 11) is 0.